The van der Waals surface area contributed by atoms with E-state index in [1.807, 2.05) is 19.4 Å². The van der Waals surface area contributed by atoms with Crippen molar-refractivity contribution in [2.75, 3.05) is 26.2 Å². The average molecular weight is 337 g/mol. The summed E-state index contributed by atoms with van der Waals surface area (Å²) in [6.45, 7) is 3.50. The first kappa shape index (κ1) is 16.0. The molecule has 7 heteroatoms. The van der Waals surface area contributed by atoms with Crippen molar-refractivity contribution in [1.29, 1.82) is 0 Å². The number of nitrogens with zero attached hydrogens (tertiary/aromatic N) is 4. The van der Waals surface area contributed by atoms with E-state index in [0.29, 0.717) is 18.1 Å². The molecule has 1 saturated heterocycles. The van der Waals surface area contributed by atoms with E-state index in [4.69, 9.17) is 11.6 Å². The largest absolute Gasteiger partial charge is 0.336 e. The highest BCUT2D eigenvalue weighted by Crippen LogP contribution is 2.17. The third-order valence-electron chi connectivity index (χ3n) is 3.99. The van der Waals surface area contributed by atoms with Crippen molar-refractivity contribution in [2.45, 2.75) is 6.54 Å². The van der Waals surface area contributed by atoms with Gasteiger partial charge in [0.05, 0.1) is 11.8 Å². The number of carbonyl (C=O) groups excluding carboxylic acids is 1. The van der Waals surface area contributed by atoms with Crippen LogP contribution in [-0.4, -0.2) is 51.7 Å². The van der Waals surface area contributed by atoms with Gasteiger partial charge in [-0.05, 0) is 18.2 Å². The van der Waals surface area contributed by atoms with Crippen LogP contribution in [0, 0.1) is 5.82 Å². The lowest BCUT2D eigenvalue weighted by atomic mass is 10.1. The Bertz CT molecular complexity index is 710. The van der Waals surface area contributed by atoms with Crippen LogP contribution in [0.5, 0.6) is 0 Å². The maximum atomic E-state index is 13.9. The Balaban J connectivity index is 1.59. The number of piperazine rings is 1. The quantitative estimate of drug-likeness (QED) is 0.862. The fraction of sp³-hybridized carbons (Fsp3) is 0.375. The Hall–Kier alpha value is -1.92. The molecule has 5 nitrogen and oxygen atoms in total. The minimum absolute atomic E-state index is 0.0788. The molecular formula is C16H18ClFN4O. The molecule has 1 aliphatic rings. The zero-order valence-electron chi connectivity index (χ0n) is 12.9. The zero-order chi connectivity index (χ0) is 16.4. The van der Waals surface area contributed by atoms with Crippen molar-refractivity contribution < 1.29 is 9.18 Å². The molecule has 1 aromatic carbocycles. The molecule has 23 heavy (non-hydrogen) atoms. The predicted molar refractivity (Wildman–Crippen MR) is 85.8 cm³/mol. The summed E-state index contributed by atoms with van der Waals surface area (Å²) in [7, 11) is 1.89. The van der Waals surface area contributed by atoms with E-state index in [0.717, 1.165) is 25.2 Å². The standard InChI is InChI=1S/C16H18ClFN4O/c1-20-10-12(9-19-20)11-21-4-6-22(7-5-21)16(23)14-3-2-13(17)8-15(14)18/h2-3,8-10H,4-7,11H2,1H3. The molecule has 1 fully saturated rings. The summed E-state index contributed by atoms with van der Waals surface area (Å²) in [6.07, 6.45) is 3.83. The summed E-state index contributed by atoms with van der Waals surface area (Å²) in [5.74, 6) is -0.847. The Morgan fingerprint density at radius 1 is 1.30 bits per heavy atom. The molecule has 0 radical (unpaired) electrons. The Morgan fingerprint density at radius 3 is 2.65 bits per heavy atom. The molecule has 2 aromatic rings. The summed E-state index contributed by atoms with van der Waals surface area (Å²) in [5, 5.41) is 4.45. The second-order valence-corrected chi connectivity index (χ2v) is 6.15. The summed E-state index contributed by atoms with van der Waals surface area (Å²) in [5.41, 5.74) is 1.23. The molecule has 0 aliphatic carbocycles. The number of carbonyl (C=O) groups is 1. The van der Waals surface area contributed by atoms with Gasteiger partial charge in [0.1, 0.15) is 5.82 Å². The minimum Gasteiger partial charge on any atom is -0.336 e. The van der Waals surface area contributed by atoms with Gasteiger partial charge in [-0.1, -0.05) is 11.6 Å². The first-order chi connectivity index (χ1) is 11.0. The number of hydrogen-bond acceptors (Lipinski definition) is 3. The summed E-state index contributed by atoms with van der Waals surface area (Å²) in [6, 6.07) is 4.16. The SMILES string of the molecule is Cn1cc(CN2CCN(C(=O)c3ccc(Cl)cc3F)CC2)cn1. The van der Waals surface area contributed by atoms with Crippen LogP contribution >= 0.6 is 11.6 Å². The molecule has 0 unspecified atom stereocenters. The van der Waals surface area contributed by atoms with Gasteiger partial charge < -0.3 is 4.90 Å². The van der Waals surface area contributed by atoms with Crippen LogP contribution in [0.2, 0.25) is 5.02 Å². The number of rotatable bonds is 3. The van der Waals surface area contributed by atoms with Crippen molar-refractivity contribution in [2.24, 2.45) is 7.05 Å². The van der Waals surface area contributed by atoms with E-state index in [9.17, 15) is 9.18 Å². The number of halogens is 2. The molecule has 0 bridgehead atoms. The van der Waals surface area contributed by atoms with Gasteiger partial charge in [0.15, 0.2) is 0 Å². The van der Waals surface area contributed by atoms with Crippen LogP contribution in [0.25, 0.3) is 0 Å². The van der Waals surface area contributed by atoms with Gasteiger partial charge >= 0.3 is 0 Å². The molecular weight excluding hydrogens is 319 g/mol. The topological polar surface area (TPSA) is 41.4 Å². The van der Waals surface area contributed by atoms with Crippen LogP contribution in [0.1, 0.15) is 15.9 Å². The van der Waals surface area contributed by atoms with Gasteiger partial charge in [-0.3, -0.25) is 14.4 Å². The third-order valence-corrected chi connectivity index (χ3v) is 4.22. The number of benzene rings is 1. The monoisotopic (exact) mass is 336 g/mol. The second-order valence-electron chi connectivity index (χ2n) is 5.71. The molecule has 1 amide bonds. The van der Waals surface area contributed by atoms with Crippen LogP contribution < -0.4 is 0 Å². The molecule has 1 aromatic heterocycles. The van der Waals surface area contributed by atoms with Gasteiger partial charge in [0.2, 0.25) is 0 Å². The van der Waals surface area contributed by atoms with Gasteiger partial charge in [-0.2, -0.15) is 5.10 Å². The predicted octanol–water partition coefficient (Wildman–Crippen LogP) is 2.17. The van der Waals surface area contributed by atoms with Crippen LogP contribution in [0.15, 0.2) is 30.6 Å². The Kier molecular flexibility index (Phi) is 4.63. The van der Waals surface area contributed by atoms with Crippen LogP contribution in [0.3, 0.4) is 0 Å². The highest BCUT2D eigenvalue weighted by Gasteiger charge is 2.24. The van der Waals surface area contributed by atoms with Crippen molar-refractivity contribution in [1.82, 2.24) is 19.6 Å². The lowest BCUT2D eigenvalue weighted by molar-refractivity contribution is 0.0624. The molecule has 0 N–H and O–H groups in total. The molecule has 0 atom stereocenters. The smallest absolute Gasteiger partial charge is 0.256 e. The van der Waals surface area contributed by atoms with Crippen molar-refractivity contribution in [3.8, 4) is 0 Å². The van der Waals surface area contributed by atoms with E-state index in [2.05, 4.69) is 10.00 Å². The van der Waals surface area contributed by atoms with Gasteiger partial charge in [-0.25, -0.2) is 4.39 Å². The fourth-order valence-electron chi connectivity index (χ4n) is 2.75. The van der Waals surface area contributed by atoms with Gasteiger partial charge in [0.25, 0.3) is 5.91 Å². The average Bonchev–Trinajstić information content (AvgIpc) is 2.92. The highest BCUT2D eigenvalue weighted by atomic mass is 35.5. The minimum atomic E-state index is -0.569. The maximum Gasteiger partial charge on any atom is 0.256 e. The van der Waals surface area contributed by atoms with Gasteiger partial charge in [-0.15, -0.1) is 0 Å². The summed E-state index contributed by atoms with van der Waals surface area (Å²) >= 11 is 5.73. The summed E-state index contributed by atoms with van der Waals surface area (Å²) < 4.78 is 15.6. The van der Waals surface area contributed by atoms with E-state index >= 15 is 0 Å². The van der Waals surface area contributed by atoms with Crippen LogP contribution in [-0.2, 0) is 13.6 Å². The number of hydrogen-bond donors (Lipinski definition) is 0. The molecule has 2 heterocycles. The van der Waals surface area contributed by atoms with Crippen LogP contribution in [0.4, 0.5) is 4.39 Å². The Labute approximate surface area is 139 Å². The Morgan fingerprint density at radius 2 is 2.04 bits per heavy atom. The molecule has 0 saturated carbocycles. The van der Waals surface area contributed by atoms with Crippen molar-refractivity contribution >= 4 is 17.5 Å². The number of aryl methyl sites for hydroxylation is 1. The van der Waals surface area contributed by atoms with Crippen molar-refractivity contribution in [3.63, 3.8) is 0 Å². The molecule has 0 spiro atoms. The van der Waals surface area contributed by atoms with E-state index in [-0.39, 0.29) is 11.5 Å². The number of aromatic nitrogens is 2. The lowest BCUT2D eigenvalue weighted by Gasteiger charge is -2.34. The van der Waals surface area contributed by atoms with E-state index in [1.54, 1.807) is 9.58 Å². The molecule has 122 valence electrons. The third kappa shape index (κ3) is 3.71. The van der Waals surface area contributed by atoms with E-state index < -0.39 is 5.82 Å². The normalized spacial score (nSPS) is 15.9. The second kappa shape index (κ2) is 6.68. The first-order valence-corrected chi connectivity index (χ1v) is 7.85. The molecule has 1 aliphatic heterocycles. The van der Waals surface area contributed by atoms with E-state index in [1.165, 1.54) is 18.2 Å². The van der Waals surface area contributed by atoms with Crippen molar-refractivity contribution in [3.05, 3.63) is 52.6 Å². The highest BCUT2D eigenvalue weighted by molar-refractivity contribution is 6.30. The van der Waals surface area contributed by atoms with Gasteiger partial charge in [0, 0.05) is 56.6 Å². The maximum absolute atomic E-state index is 13.9. The molecule has 3 rings (SSSR count). The fourth-order valence-corrected chi connectivity index (χ4v) is 2.91. The number of amides is 1. The summed E-state index contributed by atoms with van der Waals surface area (Å²) in [4.78, 5) is 16.4. The zero-order valence-corrected chi connectivity index (χ0v) is 13.6. The first-order valence-electron chi connectivity index (χ1n) is 7.47. The lowest BCUT2D eigenvalue weighted by Crippen LogP contribution is -2.48.